The SMILES string of the molecule is C#CCNC(=O)c1ccccc1Oc1ccccc1. The number of nitrogens with one attached hydrogen (secondary N) is 1. The molecule has 0 spiro atoms. The van der Waals surface area contributed by atoms with E-state index >= 15 is 0 Å². The zero-order valence-electron chi connectivity index (χ0n) is 10.3. The molecule has 3 nitrogen and oxygen atoms in total. The molecule has 1 N–H and O–H groups in total. The van der Waals surface area contributed by atoms with Gasteiger partial charge in [0, 0.05) is 0 Å². The second kappa shape index (κ2) is 6.27. The topological polar surface area (TPSA) is 38.3 Å². The van der Waals surface area contributed by atoms with E-state index < -0.39 is 0 Å². The summed E-state index contributed by atoms with van der Waals surface area (Å²) in [6.07, 6.45) is 5.12. The maximum absolute atomic E-state index is 11.9. The van der Waals surface area contributed by atoms with E-state index in [0.717, 1.165) is 0 Å². The molecule has 0 radical (unpaired) electrons. The van der Waals surface area contributed by atoms with Crippen molar-refractivity contribution in [1.29, 1.82) is 0 Å². The van der Waals surface area contributed by atoms with Gasteiger partial charge < -0.3 is 10.1 Å². The average molecular weight is 251 g/mol. The summed E-state index contributed by atoms with van der Waals surface area (Å²) in [5.74, 6) is 3.30. The molecule has 0 aliphatic carbocycles. The zero-order chi connectivity index (χ0) is 13.5. The summed E-state index contributed by atoms with van der Waals surface area (Å²) in [5, 5.41) is 2.62. The van der Waals surface area contributed by atoms with Crippen LogP contribution in [0, 0.1) is 12.3 Å². The highest BCUT2D eigenvalue weighted by atomic mass is 16.5. The lowest BCUT2D eigenvalue weighted by Gasteiger charge is -2.10. The summed E-state index contributed by atoms with van der Waals surface area (Å²) in [4.78, 5) is 11.9. The Bertz CT molecular complexity index is 600. The lowest BCUT2D eigenvalue weighted by Crippen LogP contribution is -2.23. The molecular formula is C16H13NO2. The Labute approximate surface area is 112 Å². The highest BCUT2D eigenvalue weighted by Crippen LogP contribution is 2.24. The maximum atomic E-state index is 11.9. The molecule has 0 bridgehead atoms. The number of ether oxygens (including phenoxy) is 1. The average Bonchev–Trinajstić information content (AvgIpc) is 2.46. The van der Waals surface area contributed by atoms with Gasteiger partial charge in [0.1, 0.15) is 11.5 Å². The maximum Gasteiger partial charge on any atom is 0.255 e. The third-order valence-electron chi connectivity index (χ3n) is 2.45. The summed E-state index contributed by atoms with van der Waals surface area (Å²) >= 11 is 0. The Morgan fingerprint density at radius 1 is 1.11 bits per heavy atom. The van der Waals surface area contributed by atoms with Crippen molar-refractivity contribution in [1.82, 2.24) is 5.32 Å². The highest BCUT2D eigenvalue weighted by Gasteiger charge is 2.11. The predicted octanol–water partition coefficient (Wildman–Crippen LogP) is 2.84. The van der Waals surface area contributed by atoms with Crippen LogP contribution in [0.2, 0.25) is 0 Å². The lowest BCUT2D eigenvalue weighted by atomic mass is 10.2. The largest absolute Gasteiger partial charge is 0.457 e. The number of hydrogen-bond acceptors (Lipinski definition) is 2. The quantitative estimate of drug-likeness (QED) is 0.848. The van der Waals surface area contributed by atoms with E-state index in [2.05, 4.69) is 11.2 Å². The van der Waals surface area contributed by atoms with Gasteiger partial charge in [0.25, 0.3) is 5.91 Å². The second-order valence-electron chi connectivity index (χ2n) is 3.80. The molecule has 0 saturated heterocycles. The monoisotopic (exact) mass is 251 g/mol. The van der Waals surface area contributed by atoms with Crippen molar-refractivity contribution in [2.75, 3.05) is 6.54 Å². The van der Waals surface area contributed by atoms with Gasteiger partial charge in [-0.05, 0) is 24.3 Å². The van der Waals surface area contributed by atoms with E-state index in [1.165, 1.54) is 0 Å². The van der Waals surface area contributed by atoms with Crippen LogP contribution in [0.1, 0.15) is 10.4 Å². The summed E-state index contributed by atoms with van der Waals surface area (Å²) in [7, 11) is 0. The normalized spacial score (nSPS) is 9.42. The van der Waals surface area contributed by atoms with Crippen molar-refractivity contribution >= 4 is 5.91 Å². The minimum absolute atomic E-state index is 0.193. The van der Waals surface area contributed by atoms with E-state index in [9.17, 15) is 4.79 Å². The Morgan fingerprint density at radius 2 is 1.79 bits per heavy atom. The molecule has 0 aliphatic rings. The Hall–Kier alpha value is -2.73. The molecule has 0 fully saturated rings. The van der Waals surface area contributed by atoms with E-state index in [-0.39, 0.29) is 12.5 Å². The fraction of sp³-hybridized carbons (Fsp3) is 0.0625. The molecule has 2 aromatic carbocycles. The van der Waals surface area contributed by atoms with E-state index in [4.69, 9.17) is 11.2 Å². The minimum Gasteiger partial charge on any atom is -0.457 e. The van der Waals surface area contributed by atoms with Crippen molar-refractivity contribution in [3.05, 3.63) is 60.2 Å². The number of terminal acetylenes is 1. The molecule has 0 atom stereocenters. The number of rotatable bonds is 4. The van der Waals surface area contributed by atoms with Gasteiger partial charge in [-0.2, -0.15) is 0 Å². The number of benzene rings is 2. The molecule has 2 aromatic rings. The third-order valence-corrected chi connectivity index (χ3v) is 2.45. The molecule has 0 saturated carbocycles. The van der Waals surface area contributed by atoms with Gasteiger partial charge in [0.05, 0.1) is 12.1 Å². The van der Waals surface area contributed by atoms with Crippen molar-refractivity contribution in [3.8, 4) is 23.8 Å². The molecule has 0 aliphatic heterocycles. The van der Waals surface area contributed by atoms with E-state index in [1.54, 1.807) is 18.2 Å². The van der Waals surface area contributed by atoms with Gasteiger partial charge in [-0.25, -0.2) is 0 Å². The van der Waals surface area contributed by atoms with Gasteiger partial charge in [0.15, 0.2) is 0 Å². The van der Waals surface area contributed by atoms with Crippen molar-refractivity contribution in [2.24, 2.45) is 0 Å². The van der Waals surface area contributed by atoms with Crippen LogP contribution in [0.3, 0.4) is 0 Å². The second-order valence-corrected chi connectivity index (χ2v) is 3.80. The number of carbonyl (C=O) groups is 1. The van der Waals surface area contributed by atoms with Gasteiger partial charge in [-0.15, -0.1) is 6.42 Å². The summed E-state index contributed by atoms with van der Waals surface area (Å²) in [5.41, 5.74) is 0.460. The Balaban J connectivity index is 2.22. The number of carbonyl (C=O) groups excluding carboxylic acids is 1. The van der Waals surface area contributed by atoms with Gasteiger partial charge >= 0.3 is 0 Å². The standard InChI is InChI=1S/C16H13NO2/c1-2-12-17-16(18)14-10-6-7-11-15(14)19-13-8-4-3-5-9-13/h1,3-11H,12H2,(H,17,18). The predicted molar refractivity (Wildman–Crippen MR) is 74.1 cm³/mol. The van der Waals surface area contributed by atoms with Crippen molar-refractivity contribution in [3.63, 3.8) is 0 Å². The molecule has 19 heavy (non-hydrogen) atoms. The van der Waals surface area contributed by atoms with Crippen LogP contribution in [-0.4, -0.2) is 12.5 Å². The fourth-order valence-corrected chi connectivity index (χ4v) is 1.59. The van der Waals surface area contributed by atoms with Crippen LogP contribution in [0.25, 0.3) is 0 Å². The van der Waals surface area contributed by atoms with Crippen LogP contribution < -0.4 is 10.1 Å². The fourth-order valence-electron chi connectivity index (χ4n) is 1.59. The highest BCUT2D eigenvalue weighted by molar-refractivity contribution is 5.97. The van der Waals surface area contributed by atoms with Crippen LogP contribution in [0.5, 0.6) is 11.5 Å². The van der Waals surface area contributed by atoms with Gasteiger partial charge in [0.2, 0.25) is 0 Å². The third kappa shape index (κ3) is 3.36. The first-order valence-electron chi connectivity index (χ1n) is 5.85. The first-order valence-corrected chi connectivity index (χ1v) is 5.85. The first-order chi connectivity index (χ1) is 9.31. The van der Waals surface area contributed by atoms with Gasteiger partial charge in [-0.1, -0.05) is 36.3 Å². The first kappa shape index (κ1) is 12.7. The smallest absolute Gasteiger partial charge is 0.255 e. The summed E-state index contributed by atoms with van der Waals surface area (Å²) < 4.78 is 5.70. The molecule has 3 heteroatoms. The summed E-state index contributed by atoms with van der Waals surface area (Å²) in [6.45, 7) is 0.193. The lowest BCUT2D eigenvalue weighted by molar-refractivity contribution is 0.0956. The van der Waals surface area contributed by atoms with Crippen LogP contribution in [-0.2, 0) is 0 Å². The molecular weight excluding hydrogens is 238 g/mol. The molecule has 0 unspecified atom stereocenters. The molecule has 94 valence electrons. The van der Waals surface area contributed by atoms with Crippen LogP contribution in [0.15, 0.2) is 54.6 Å². The van der Waals surface area contributed by atoms with Gasteiger partial charge in [-0.3, -0.25) is 4.79 Å². The van der Waals surface area contributed by atoms with Crippen molar-refractivity contribution < 1.29 is 9.53 Å². The van der Waals surface area contributed by atoms with E-state index in [0.29, 0.717) is 17.1 Å². The molecule has 0 heterocycles. The zero-order valence-corrected chi connectivity index (χ0v) is 10.3. The Kier molecular flexibility index (Phi) is 4.20. The number of amides is 1. The number of para-hydroxylation sites is 2. The summed E-state index contributed by atoms with van der Waals surface area (Å²) in [6, 6.07) is 16.3. The molecule has 2 rings (SSSR count). The van der Waals surface area contributed by atoms with E-state index in [1.807, 2.05) is 36.4 Å². The molecule has 1 amide bonds. The van der Waals surface area contributed by atoms with Crippen LogP contribution in [0.4, 0.5) is 0 Å². The Morgan fingerprint density at radius 3 is 2.53 bits per heavy atom. The van der Waals surface area contributed by atoms with Crippen molar-refractivity contribution in [2.45, 2.75) is 0 Å². The molecule has 0 aromatic heterocycles. The van der Waals surface area contributed by atoms with Crippen LogP contribution >= 0.6 is 0 Å². The minimum atomic E-state index is -0.246. The number of hydrogen-bond donors (Lipinski definition) is 1.